The van der Waals surface area contributed by atoms with Crippen LogP contribution in [0.5, 0.6) is 5.75 Å². The number of aliphatic carboxylic acids is 1. The Kier molecular flexibility index (Phi) is 4.18. The van der Waals surface area contributed by atoms with Crippen molar-refractivity contribution in [2.24, 2.45) is 0 Å². The van der Waals surface area contributed by atoms with Gasteiger partial charge >= 0.3 is 5.97 Å². The second-order valence-electron chi connectivity index (χ2n) is 4.43. The molecule has 1 N–H and O–H groups in total. The van der Waals surface area contributed by atoms with Gasteiger partial charge in [-0.05, 0) is 35.7 Å². The second-order valence-corrected chi connectivity index (χ2v) is 4.43. The van der Waals surface area contributed by atoms with E-state index in [2.05, 4.69) is 0 Å². The van der Waals surface area contributed by atoms with Crippen LogP contribution in [0, 0.1) is 6.92 Å². The molecule has 3 nitrogen and oxygen atoms in total. The Morgan fingerprint density at radius 1 is 1.16 bits per heavy atom. The SMILES string of the molecule is Cc1ccc(OCc2ccccc2)cc1CC(=O)O. The van der Waals surface area contributed by atoms with Crippen LogP contribution in [0.3, 0.4) is 0 Å². The molecule has 0 aliphatic heterocycles. The van der Waals surface area contributed by atoms with E-state index >= 15 is 0 Å². The van der Waals surface area contributed by atoms with Gasteiger partial charge in [-0.3, -0.25) is 4.79 Å². The van der Waals surface area contributed by atoms with Gasteiger partial charge in [0, 0.05) is 0 Å². The highest BCUT2D eigenvalue weighted by Crippen LogP contribution is 2.19. The molecule has 0 heterocycles. The summed E-state index contributed by atoms with van der Waals surface area (Å²) in [6.07, 6.45) is 0.0222. The molecular weight excluding hydrogens is 240 g/mol. The Morgan fingerprint density at radius 2 is 1.89 bits per heavy atom. The van der Waals surface area contributed by atoms with Gasteiger partial charge in [0.2, 0.25) is 0 Å². The third kappa shape index (κ3) is 3.85. The number of hydrogen-bond acceptors (Lipinski definition) is 2. The molecule has 3 heteroatoms. The predicted molar refractivity (Wildman–Crippen MR) is 73.3 cm³/mol. The molecule has 19 heavy (non-hydrogen) atoms. The van der Waals surface area contributed by atoms with Gasteiger partial charge in [0.25, 0.3) is 0 Å². The van der Waals surface area contributed by atoms with Gasteiger partial charge in [-0.2, -0.15) is 0 Å². The minimum Gasteiger partial charge on any atom is -0.489 e. The predicted octanol–water partition coefficient (Wildman–Crippen LogP) is 3.20. The van der Waals surface area contributed by atoms with Gasteiger partial charge in [-0.15, -0.1) is 0 Å². The van der Waals surface area contributed by atoms with Crippen molar-refractivity contribution < 1.29 is 14.6 Å². The van der Waals surface area contributed by atoms with Crippen LogP contribution < -0.4 is 4.74 Å². The molecule has 0 unspecified atom stereocenters. The highest BCUT2D eigenvalue weighted by molar-refractivity contribution is 5.71. The average Bonchev–Trinajstić information content (AvgIpc) is 2.40. The summed E-state index contributed by atoms with van der Waals surface area (Å²) in [4.78, 5) is 10.8. The zero-order valence-electron chi connectivity index (χ0n) is 10.8. The van der Waals surface area contributed by atoms with Crippen LogP contribution in [0.2, 0.25) is 0 Å². The molecule has 0 aromatic heterocycles. The molecule has 0 bridgehead atoms. The quantitative estimate of drug-likeness (QED) is 0.893. The van der Waals surface area contributed by atoms with Gasteiger partial charge in [-0.1, -0.05) is 36.4 Å². The maximum atomic E-state index is 10.8. The number of carboxylic acids is 1. The van der Waals surface area contributed by atoms with Crippen molar-refractivity contribution in [3.8, 4) is 5.75 Å². The number of ether oxygens (including phenoxy) is 1. The van der Waals surface area contributed by atoms with Crippen LogP contribution in [-0.4, -0.2) is 11.1 Å². The molecular formula is C16H16O3. The van der Waals surface area contributed by atoms with E-state index in [9.17, 15) is 4.79 Å². The fraction of sp³-hybridized carbons (Fsp3) is 0.188. The highest BCUT2D eigenvalue weighted by atomic mass is 16.5. The number of benzene rings is 2. The summed E-state index contributed by atoms with van der Waals surface area (Å²) in [5.74, 6) is -0.131. The maximum Gasteiger partial charge on any atom is 0.307 e. The fourth-order valence-corrected chi connectivity index (χ4v) is 1.83. The van der Waals surface area contributed by atoms with Gasteiger partial charge in [0.05, 0.1) is 6.42 Å². The van der Waals surface area contributed by atoms with Crippen LogP contribution in [0.1, 0.15) is 16.7 Å². The summed E-state index contributed by atoms with van der Waals surface area (Å²) in [5.41, 5.74) is 2.84. The normalized spacial score (nSPS) is 10.2. The second kappa shape index (κ2) is 6.05. The van der Waals surface area contributed by atoms with Crippen LogP contribution >= 0.6 is 0 Å². The Labute approximate surface area is 112 Å². The van der Waals surface area contributed by atoms with Crippen LogP contribution in [0.25, 0.3) is 0 Å². The summed E-state index contributed by atoms with van der Waals surface area (Å²) in [5, 5.41) is 8.85. The summed E-state index contributed by atoms with van der Waals surface area (Å²) >= 11 is 0. The average molecular weight is 256 g/mol. The molecule has 0 radical (unpaired) electrons. The summed E-state index contributed by atoms with van der Waals surface area (Å²) in [7, 11) is 0. The van der Waals surface area contributed by atoms with E-state index in [1.165, 1.54) is 0 Å². The zero-order valence-corrected chi connectivity index (χ0v) is 10.8. The molecule has 2 aromatic rings. The van der Waals surface area contributed by atoms with E-state index in [4.69, 9.17) is 9.84 Å². The van der Waals surface area contributed by atoms with Crippen LogP contribution in [-0.2, 0) is 17.8 Å². The minimum absolute atomic E-state index is 0.0222. The monoisotopic (exact) mass is 256 g/mol. The molecule has 0 fully saturated rings. The van der Waals surface area contributed by atoms with Crippen molar-refractivity contribution in [2.75, 3.05) is 0 Å². The lowest BCUT2D eigenvalue weighted by molar-refractivity contribution is -0.136. The van der Waals surface area contributed by atoms with E-state index in [0.717, 1.165) is 16.7 Å². The van der Waals surface area contributed by atoms with Crippen molar-refractivity contribution in [3.63, 3.8) is 0 Å². The molecule has 0 saturated carbocycles. The fourth-order valence-electron chi connectivity index (χ4n) is 1.83. The first-order valence-corrected chi connectivity index (χ1v) is 6.13. The molecule has 2 aromatic carbocycles. The van der Waals surface area contributed by atoms with E-state index in [0.29, 0.717) is 12.4 Å². The topological polar surface area (TPSA) is 46.5 Å². The third-order valence-electron chi connectivity index (χ3n) is 2.91. The van der Waals surface area contributed by atoms with E-state index in [1.807, 2.05) is 49.4 Å². The molecule has 0 aliphatic rings. The molecule has 2 rings (SSSR count). The molecule has 98 valence electrons. The number of hydrogen-bond donors (Lipinski definition) is 1. The lowest BCUT2D eigenvalue weighted by atomic mass is 10.1. The Balaban J connectivity index is 2.06. The van der Waals surface area contributed by atoms with Crippen LogP contribution in [0.4, 0.5) is 0 Å². The molecule has 0 saturated heterocycles. The van der Waals surface area contributed by atoms with E-state index in [-0.39, 0.29) is 6.42 Å². The first-order chi connectivity index (χ1) is 9.15. The third-order valence-corrected chi connectivity index (χ3v) is 2.91. The largest absolute Gasteiger partial charge is 0.489 e. The van der Waals surface area contributed by atoms with Crippen molar-refractivity contribution in [2.45, 2.75) is 20.0 Å². The lowest BCUT2D eigenvalue weighted by Gasteiger charge is -2.09. The lowest BCUT2D eigenvalue weighted by Crippen LogP contribution is -2.03. The smallest absolute Gasteiger partial charge is 0.307 e. The van der Waals surface area contributed by atoms with Crippen LogP contribution in [0.15, 0.2) is 48.5 Å². The zero-order chi connectivity index (χ0) is 13.7. The first kappa shape index (κ1) is 13.1. The first-order valence-electron chi connectivity index (χ1n) is 6.13. The molecule has 0 atom stereocenters. The van der Waals surface area contributed by atoms with Gasteiger partial charge < -0.3 is 9.84 Å². The molecule has 0 amide bonds. The van der Waals surface area contributed by atoms with Crippen molar-refractivity contribution >= 4 is 5.97 Å². The maximum absolute atomic E-state index is 10.8. The molecule has 0 spiro atoms. The highest BCUT2D eigenvalue weighted by Gasteiger charge is 2.06. The number of carbonyl (C=O) groups is 1. The van der Waals surface area contributed by atoms with Crippen molar-refractivity contribution in [1.29, 1.82) is 0 Å². The number of carboxylic acid groups (broad SMARTS) is 1. The summed E-state index contributed by atoms with van der Waals surface area (Å²) in [6.45, 7) is 2.38. The van der Waals surface area contributed by atoms with E-state index in [1.54, 1.807) is 6.07 Å². The standard InChI is InChI=1S/C16H16O3/c1-12-7-8-15(9-14(12)10-16(17)18)19-11-13-5-3-2-4-6-13/h2-9H,10-11H2,1H3,(H,17,18). The Morgan fingerprint density at radius 3 is 2.58 bits per heavy atom. The van der Waals surface area contributed by atoms with E-state index < -0.39 is 5.97 Å². The number of aryl methyl sites for hydroxylation is 1. The number of rotatable bonds is 5. The minimum atomic E-state index is -0.830. The molecule has 0 aliphatic carbocycles. The Hall–Kier alpha value is -2.29. The summed E-state index contributed by atoms with van der Waals surface area (Å²) < 4.78 is 5.68. The van der Waals surface area contributed by atoms with Crippen molar-refractivity contribution in [1.82, 2.24) is 0 Å². The van der Waals surface area contributed by atoms with Gasteiger partial charge in [0.15, 0.2) is 0 Å². The van der Waals surface area contributed by atoms with Crippen molar-refractivity contribution in [3.05, 3.63) is 65.2 Å². The Bertz CT molecular complexity index is 561. The summed E-state index contributed by atoms with van der Waals surface area (Å²) in [6, 6.07) is 15.4. The van der Waals surface area contributed by atoms with Gasteiger partial charge in [0.1, 0.15) is 12.4 Å². The van der Waals surface area contributed by atoms with Gasteiger partial charge in [-0.25, -0.2) is 0 Å².